The number of H-pyrrole nitrogens is 1. The van der Waals surface area contributed by atoms with Crippen LogP contribution in [0.3, 0.4) is 0 Å². The van der Waals surface area contributed by atoms with Gasteiger partial charge >= 0.3 is 5.69 Å². The van der Waals surface area contributed by atoms with Crippen molar-refractivity contribution in [2.45, 2.75) is 24.5 Å². The Morgan fingerprint density at radius 2 is 2.05 bits per heavy atom. The van der Waals surface area contributed by atoms with E-state index in [0.717, 1.165) is 10.8 Å². The number of nitrogens with zero attached hydrogens (tertiary/aromatic N) is 4. The van der Waals surface area contributed by atoms with Crippen LogP contribution >= 0.6 is 0 Å². The minimum absolute atomic E-state index is 0.175. The van der Waals surface area contributed by atoms with Crippen LogP contribution in [0, 0.1) is 0 Å². The molecule has 1 aromatic rings. The van der Waals surface area contributed by atoms with Crippen molar-refractivity contribution in [2.24, 2.45) is 10.3 Å². The summed E-state index contributed by atoms with van der Waals surface area (Å²) in [4.78, 5) is 25.5. The van der Waals surface area contributed by atoms with Crippen LogP contribution < -0.4 is 11.2 Å². The summed E-state index contributed by atoms with van der Waals surface area (Å²) in [6.45, 7) is -0.528. The molecule has 0 aliphatic carbocycles. The maximum Gasteiger partial charge on any atom is 0.330 e. The van der Waals surface area contributed by atoms with Gasteiger partial charge in [-0.25, -0.2) is 4.79 Å². The van der Waals surface area contributed by atoms with Crippen LogP contribution in [0.1, 0.15) is 6.23 Å². The molecule has 2 heterocycles. The van der Waals surface area contributed by atoms with Crippen molar-refractivity contribution < 1.29 is 20.1 Å². The van der Waals surface area contributed by atoms with Gasteiger partial charge in [-0.3, -0.25) is 19.4 Å². The fourth-order valence-corrected chi connectivity index (χ4v) is 1.98. The largest absolute Gasteiger partial charge is 0.394 e. The van der Waals surface area contributed by atoms with Gasteiger partial charge in [-0.15, -0.1) is 5.11 Å². The number of nitrogens with one attached hydrogen (secondary N) is 1. The highest BCUT2D eigenvalue weighted by atomic mass is 16.6. The Hall–Kier alpha value is -2.08. The van der Waals surface area contributed by atoms with Gasteiger partial charge in [0, 0.05) is 20.3 Å². The second-order valence-corrected chi connectivity index (χ2v) is 4.95. The standard InChI is InChI=1S/C11H17N5O6/c1-15(2)14-13-5-3-16(11(21)12-9(5)20)10-8(19)7(18)6(4-17)22-10/h3,6-8,10,17-19H,4H2,1-2H3,(H,12,20,21)/t6-,7-,8-,10-/m1/s1. The Balaban J connectivity index is 2.41. The van der Waals surface area contributed by atoms with Crippen molar-refractivity contribution in [3.8, 4) is 0 Å². The highest BCUT2D eigenvalue weighted by Gasteiger charge is 2.43. The summed E-state index contributed by atoms with van der Waals surface area (Å²) >= 11 is 0. The fourth-order valence-electron chi connectivity index (χ4n) is 1.98. The molecule has 0 amide bonds. The van der Waals surface area contributed by atoms with Crippen LogP contribution in [-0.2, 0) is 4.74 Å². The third-order valence-corrected chi connectivity index (χ3v) is 3.07. The summed E-state index contributed by atoms with van der Waals surface area (Å²) in [7, 11) is 3.19. The average Bonchev–Trinajstić information content (AvgIpc) is 2.74. The van der Waals surface area contributed by atoms with E-state index >= 15 is 0 Å². The van der Waals surface area contributed by atoms with Gasteiger partial charge in [-0.05, 0) is 0 Å². The lowest BCUT2D eigenvalue weighted by atomic mass is 10.1. The highest BCUT2D eigenvalue weighted by molar-refractivity contribution is 5.28. The number of rotatable bonds is 4. The topological polar surface area (TPSA) is 153 Å². The van der Waals surface area contributed by atoms with E-state index in [2.05, 4.69) is 10.3 Å². The quantitative estimate of drug-likeness (QED) is 0.360. The van der Waals surface area contributed by atoms with Gasteiger partial charge in [0.05, 0.1) is 6.61 Å². The maximum atomic E-state index is 11.9. The zero-order chi connectivity index (χ0) is 16.4. The zero-order valence-electron chi connectivity index (χ0n) is 11.9. The molecule has 11 nitrogen and oxygen atoms in total. The number of aliphatic hydroxyl groups excluding tert-OH is 3. The number of aromatic amines is 1. The molecule has 4 atom stereocenters. The first kappa shape index (κ1) is 16.3. The van der Waals surface area contributed by atoms with Crippen LogP contribution in [0.15, 0.2) is 26.1 Å². The Bertz CT molecular complexity index is 668. The molecule has 22 heavy (non-hydrogen) atoms. The molecule has 0 spiro atoms. The molecule has 1 aromatic heterocycles. The number of hydrogen-bond donors (Lipinski definition) is 4. The molecule has 0 bridgehead atoms. The lowest BCUT2D eigenvalue weighted by molar-refractivity contribution is -0.0549. The molecule has 0 saturated carbocycles. The van der Waals surface area contributed by atoms with Gasteiger partial charge in [0.25, 0.3) is 5.56 Å². The highest BCUT2D eigenvalue weighted by Crippen LogP contribution is 2.28. The lowest BCUT2D eigenvalue weighted by Gasteiger charge is -2.17. The van der Waals surface area contributed by atoms with Crippen molar-refractivity contribution in [3.63, 3.8) is 0 Å². The zero-order valence-corrected chi connectivity index (χ0v) is 11.9. The number of hydrogen-bond acceptors (Lipinski definition) is 8. The maximum absolute atomic E-state index is 11.9. The number of aliphatic hydroxyl groups is 3. The monoisotopic (exact) mass is 315 g/mol. The summed E-state index contributed by atoms with van der Waals surface area (Å²) in [5, 5.41) is 37.3. The van der Waals surface area contributed by atoms with E-state index in [0.29, 0.717) is 0 Å². The third kappa shape index (κ3) is 3.06. The average molecular weight is 315 g/mol. The van der Waals surface area contributed by atoms with Crippen molar-refractivity contribution in [3.05, 3.63) is 27.0 Å². The van der Waals surface area contributed by atoms with Gasteiger partial charge in [0.15, 0.2) is 11.9 Å². The molecule has 4 N–H and O–H groups in total. The number of ether oxygens (including phenoxy) is 1. The second kappa shape index (κ2) is 6.36. The van der Waals surface area contributed by atoms with Crippen molar-refractivity contribution in [1.82, 2.24) is 14.6 Å². The van der Waals surface area contributed by atoms with Crippen molar-refractivity contribution in [2.75, 3.05) is 20.7 Å². The Morgan fingerprint density at radius 3 is 2.59 bits per heavy atom. The molecule has 0 unspecified atom stereocenters. The summed E-state index contributed by atoms with van der Waals surface area (Å²) < 4.78 is 6.11. The van der Waals surface area contributed by atoms with Crippen LogP contribution in [0.2, 0.25) is 0 Å². The molecule has 1 saturated heterocycles. The molecular weight excluding hydrogens is 298 g/mol. The van der Waals surface area contributed by atoms with E-state index in [9.17, 15) is 19.8 Å². The van der Waals surface area contributed by atoms with Gasteiger partial charge in [-0.2, -0.15) is 0 Å². The van der Waals surface area contributed by atoms with E-state index in [4.69, 9.17) is 9.84 Å². The van der Waals surface area contributed by atoms with Gasteiger partial charge in [-0.1, -0.05) is 5.22 Å². The predicted octanol–water partition coefficient (Wildman–Crippen LogP) is -2.29. The molecule has 11 heteroatoms. The molecular formula is C11H17N5O6. The molecule has 0 radical (unpaired) electrons. The molecule has 1 aliphatic rings. The fraction of sp³-hybridized carbons (Fsp3) is 0.636. The van der Waals surface area contributed by atoms with Gasteiger partial charge in [0.2, 0.25) is 0 Å². The summed E-state index contributed by atoms with van der Waals surface area (Å²) in [5.41, 5.74) is -1.77. The first-order chi connectivity index (χ1) is 10.3. The molecule has 1 aliphatic heterocycles. The summed E-state index contributed by atoms with van der Waals surface area (Å²) in [6, 6.07) is 0. The van der Waals surface area contributed by atoms with E-state index in [1.165, 1.54) is 5.01 Å². The van der Waals surface area contributed by atoms with E-state index in [1.54, 1.807) is 14.1 Å². The number of aromatic nitrogens is 2. The molecule has 122 valence electrons. The van der Waals surface area contributed by atoms with Crippen molar-refractivity contribution >= 4 is 5.69 Å². The van der Waals surface area contributed by atoms with Crippen LogP contribution in [0.25, 0.3) is 0 Å². The minimum Gasteiger partial charge on any atom is -0.394 e. The first-order valence-electron chi connectivity index (χ1n) is 6.42. The molecule has 2 rings (SSSR count). The lowest BCUT2D eigenvalue weighted by Crippen LogP contribution is -2.37. The van der Waals surface area contributed by atoms with Crippen molar-refractivity contribution in [1.29, 1.82) is 0 Å². The smallest absolute Gasteiger partial charge is 0.330 e. The van der Waals surface area contributed by atoms with Gasteiger partial charge < -0.3 is 20.1 Å². The second-order valence-electron chi connectivity index (χ2n) is 4.95. The normalized spacial score (nSPS) is 28.4. The summed E-state index contributed by atoms with van der Waals surface area (Å²) in [5.74, 6) is 0. The third-order valence-electron chi connectivity index (χ3n) is 3.07. The first-order valence-corrected chi connectivity index (χ1v) is 6.42. The van der Waals surface area contributed by atoms with E-state index in [-0.39, 0.29) is 5.69 Å². The molecule has 0 aromatic carbocycles. The Kier molecular flexibility index (Phi) is 4.71. The SMILES string of the molecule is CN(C)N=Nc1cn([C@@H]2O[C@H](CO)[C@@H](O)[C@H]2O)c(=O)[nH]c1=O. The van der Waals surface area contributed by atoms with Crippen LogP contribution in [-0.4, -0.2) is 68.9 Å². The van der Waals surface area contributed by atoms with E-state index < -0.39 is 42.4 Å². The van der Waals surface area contributed by atoms with Crippen LogP contribution in [0.5, 0.6) is 0 Å². The summed E-state index contributed by atoms with van der Waals surface area (Å²) in [6.07, 6.45) is -4.04. The Morgan fingerprint density at radius 1 is 1.36 bits per heavy atom. The van der Waals surface area contributed by atoms with Gasteiger partial charge in [0.1, 0.15) is 18.3 Å². The predicted molar refractivity (Wildman–Crippen MR) is 72.5 cm³/mol. The Labute approximate surface area is 124 Å². The van der Waals surface area contributed by atoms with E-state index in [1.807, 2.05) is 4.98 Å². The molecule has 1 fully saturated rings. The minimum atomic E-state index is -1.45. The van der Waals surface area contributed by atoms with Crippen LogP contribution in [0.4, 0.5) is 5.69 Å².